The number of hydrogen-bond acceptors (Lipinski definition) is 16. The van der Waals surface area contributed by atoms with Crippen LogP contribution in [0.5, 0.6) is 0 Å². The lowest BCUT2D eigenvalue weighted by Crippen LogP contribution is -2.36. The van der Waals surface area contributed by atoms with E-state index in [1.807, 2.05) is 36.5 Å². The highest BCUT2D eigenvalue weighted by Crippen LogP contribution is 2.60. The largest absolute Gasteiger partial charge is 0.481 e. The number of aliphatic hydroxyl groups excluding tert-OH is 3. The highest BCUT2D eigenvalue weighted by atomic mass is 31.3. The van der Waals surface area contributed by atoms with Gasteiger partial charge in [0.15, 0.2) is 12.3 Å². The first-order valence-corrected chi connectivity index (χ1v) is 28.6. The molecule has 0 aliphatic carbocycles. The Bertz CT molecular complexity index is 2250. The van der Waals surface area contributed by atoms with Crippen LogP contribution < -0.4 is 11.4 Å². The third kappa shape index (κ3) is 33.0. The first kappa shape index (κ1) is 66.2. The second-order valence-electron chi connectivity index (χ2n) is 17.1. The number of ether oxygens (including phenoxy) is 3. The number of allylic oxidation sites excluding steroid dienone is 18. The topological polar surface area (TPSA) is 286 Å². The fourth-order valence-electron chi connectivity index (χ4n) is 6.69. The summed E-state index contributed by atoms with van der Waals surface area (Å²) >= 11 is 0. The summed E-state index contributed by atoms with van der Waals surface area (Å²) in [6.45, 7) is 1.74. The number of anilines is 1. The molecule has 418 valence electrons. The summed E-state index contributed by atoms with van der Waals surface area (Å²) in [4.78, 5) is 61.9. The van der Waals surface area contributed by atoms with Crippen LogP contribution >= 0.6 is 15.6 Å². The molecular weight excluding hydrogens is 1010 g/mol. The molecule has 1 aromatic heterocycles. The Morgan fingerprint density at radius 3 is 1.87 bits per heavy atom. The van der Waals surface area contributed by atoms with Gasteiger partial charge < -0.3 is 45.1 Å². The van der Waals surface area contributed by atoms with Gasteiger partial charge in [-0.3, -0.25) is 23.2 Å². The zero-order chi connectivity index (χ0) is 55.0. The summed E-state index contributed by atoms with van der Waals surface area (Å²) in [6, 6.07) is 1.23. The third-order valence-corrected chi connectivity index (χ3v) is 13.2. The number of aromatic nitrogens is 2. The van der Waals surface area contributed by atoms with Crippen molar-refractivity contribution in [1.82, 2.24) is 9.55 Å². The van der Waals surface area contributed by atoms with Crippen molar-refractivity contribution in [3.05, 3.63) is 144 Å². The molecule has 1 fully saturated rings. The zero-order valence-electron chi connectivity index (χ0n) is 43.4. The molecule has 0 amide bonds. The van der Waals surface area contributed by atoms with Gasteiger partial charge in [0.25, 0.3) is 0 Å². The molecule has 75 heavy (non-hydrogen) atoms. The quantitative estimate of drug-likeness (QED) is 0.0117. The van der Waals surface area contributed by atoms with Gasteiger partial charge in [-0.1, -0.05) is 142 Å². The molecular formula is C54H81N3O16P2. The fraction of sp³-hybridized carbons (Fsp3) is 0.519. The number of carbonyl (C=O) groups excluding carboxylic acids is 2. The van der Waals surface area contributed by atoms with Crippen LogP contribution in [0.3, 0.4) is 0 Å². The lowest BCUT2D eigenvalue weighted by Gasteiger charge is -2.21. The smallest absolute Gasteiger partial charge is 0.462 e. The van der Waals surface area contributed by atoms with Crippen molar-refractivity contribution in [1.29, 1.82) is 0 Å². The highest BCUT2D eigenvalue weighted by molar-refractivity contribution is 7.61. The summed E-state index contributed by atoms with van der Waals surface area (Å²) in [5.74, 6) is -1.47. The number of phosphoric ester groups is 2. The summed E-state index contributed by atoms with van der Waals surface area (Å²) in [5, 5.41) is 31.0. The van der Waals surface area contributed by atoms with Crippen LogP contribution in [-0.4, -0.2) is 96.9 Å². The van der Waals surface area contributed by atoms with E-state index in [1.54, 1.807) is 12.2 Å². The Morgan fingerprint density at radius 1 is 0.707 bits per heavy atom. The van der Waals surface area contributed by atoms with Crippen LogP contribution in [0.4, 0.5) is 5.82 Å². The van der Waals surface area contributed by atoms with Crippen molar-refractivity contribution in [2.75, 3.05) is 25.6 Å². The van der Waals surface area contributed by atoms with Crippen molar-refractivity contribution in [2.24, 2.45) is 0 Å². The van der Waals surface area contributed by atoms with Crippen LogP contribution in [0, 0.1) is 0 Å². The molecule has 21 heteroatoms. The Hall–Kier alpha value is -4.88. The van der Waals surface area contributed by atoms with Gasteiger partial charge in [0.1, 0.15) is 30.7 Å². The number of carbonyl (C=O) groups is 2. The molecule has 0 spiro atoms. The van der Waals surface area contributed by atoms with Gasteiger partial charge in [0, 0.05) is 19.0 Å². The number of hydrogen-bond donors (Lipinski definition) is 6. The van der Waals surface area contributed by atoms with Gasteiger partial charge in [0.2, 0.25) is 0 Å². The Balaban J connectivity index is 1.86. The van der Waals surface area contributed by atoms with E-state index < -0.39 is 89.8 Å². The molecule has 1 aliphatic heterocycles. The summed E-state index contributed by atoms with van der Waals surface area (Å²) in [7, 11) is -10.9. The van der Waals surface area contributed by atoms with E-state index in [0.717, 1.165) is 75.0 Å². The molecule has 0 saturated carbocycles. The number of esters is 2. The minimum absolute atomic E-state index is 0.0550. The molecule has 2 rings (SSSR count). The number of phosphoric acid groups is 2. The molecule has 1 saturated heterocycles. The minimum Gasteiger partial charge on any atom is -0.462 e. The van der Waals surface area contributed by atoms with Crippen molar-refractivity contribution in [3.63, 3.8) is 0 Å². The lowest BCUT2D eigenvalue weighted by molar-refractivity contribution is -0.161. The van der Waals surface area contributed by atoms with Crippen molar-refractivity contribution in [2.45, 2.75) is 160 Å². The number of nitrogen functional groups attached to an aromatic ring is 1. The normalized spacial score (nSPS) is 20.2. The zero-order valence-corrected chi connectivity index (χ0v) is 45.2. The molecule has 3 unspecified atom stereocenters. The van der Waals surface area contributed by atoms with E-state index >= 15 is 0 Å². The average molecular weight is 1090 g/mol. The van der Waals surface area contributed by atoms with E-state index in [9.17, 15) is 48.6 Å². The fourth-order valence-corrected chi connectivity index (χ4v) is 8.80. The molecule has 0 bridgehead atoms. The first-order valence-electron chi connectivity index (χ1n) is 25.7. The van der Waals surface area contributed by atoms with Crippen molar-refractivity contribution < 1.29 is 71.4 Å². The molecule has 1 aromatic rings. The Morgan fingerprint density at radius 2 is 1.25 bits per heavy atom. The first-order chi connectivity index (χ1) is 36.1. The number of nitrogens with two attached hydrogens (primary N) is 1. The maximum absolute atomic E-state index is 12.9. The van der Waals surface area contributed by atoms with Gasteiger partial charge in [-0.15, -0.1) is 0 Å². The van der Waals surface area contributed by atoms with Gasteiger partial charge in [-0.05, 0) is 96.0 Å². The van der Waals surface area contributed by atoms with E-state index in [4.69, 9.17) is 29.0 Å². The number of nitrogens with zero attached hydrogens (tertiary/aromatic N) is 2. The molecule has 2 heterocycles. The minimum atomic E-state index is -5.47. The summed E-state index contributed by atoms with van der Waals surface area (Å²) in [6.07, 6.45) is 44.5. The molecule has 1 aliphatic rings. The molecule has 19 nitrogen and oxygen atoms in total. The van der Waals surface area contributed by atoms with Gasteiger partial charge in [-0.2, -0.15) is 9.29 Å². The average Bonchev–Trinajstić information content (AvgIpc) is 3.64. The van der Waals surface area contributed by atoms with Crippen LogP contribution in [0.25, 0.3) is 0 Å². The monoisotopic (exact) mass is 1090 g/mol. The predicted molar refractivity (Wildman–Crippen MR) is 290 cm³/mol. The van der Waals surface area contributed by atoms with Gasteiger partial charge >= 0.3 is 33.3 Å². The van der Waals surface area contributed by atoms with Crippen molar-refractivity contribution >= 4 is 33.4 Å². The van der Waals surface area contributed by atoms with E-state index in [1.165, 1.54) is 6.07 Å². The molecule has 0 aromatic carbocycles. The number of unbranched alkanes of at least 4 members (excludes halogenated alkanes) is 4. The highest BCUT2D eigenvalue weighted by Gasteiger charge is 2.46. The SMILES string of the molecule is CC/C=C\C/C=C\C/C=C\C/C=C\C/C=C\CCCCCC(=O)OC[C@H](COP(=O)(O)OP(=O)(O)OC[C@H]1O[C@@H](n2ccc(N)nc2=O)[C@H](O)[C@@H]1O)OC(=O)CCC/C=C\C/C=C\C=C\C(O)C/C=C\C/C=C\CC. The second-order valence-corrected chi connectivity index (χ2v) is 20.1. The molecule has 8 atom stereocenters. The predicted octanol–water partition coefficient (Wildman–Crippen LogP) is 9.74. The third-order valence-electron chi connectivity index (χ3n) is 10.6. The number of aliphatic hydroxyl groups is 3. The van der Waals surface area contributed by atoms with E-state index in [-0.39, 0.29) is 18.7 Å². The lowest BCUT2D eigenvalue weighted by atomic mass is 10.1. The second kappa shape index (κ2) is 40.4. The molecule has 7 N–H and O–H groups in total. The van der Waals surface area contributed by atoms with Gasteiger partial charge in [-0.25, -0.2) is 13.9 Å². The molecule has 0 radical (unpaired) electrons. The maximum Gasteiger partial charge on any atom is 0.481 e. The number of rotatable bonds is 40. The van der Waals surface area contributed by atoms with Crippen LogP contribution in [0.15, 0.2) is 139 Å². The summed E-state index contributed by atoms with van der Waals surface area (Å²) < 4.78 is 56.7. The Labute approximate surface area is 442 Å². The van der Waals surface area contributed by atoms with Crippen molar-refractivity contribution in [3.8, 4) is 0 Å². The Kier molecular flexibility index (Phi) is 35.7. The van der Waals surface area contributed by atoms with E-state index in [0.29, 0.717) is 32.1 Å². The van der Waals surface area contributed by atoms with Gasteiger partial charge in [0.05, 0.1) is 19.3 Å². The standard InChI is InChI=1S/C54H81N3O16P2/c1-3-5-7-9-11-12-13-14-15-16-17-18-19-20-21-22-26-30-34-38-49(59)68-42-46(71-50(60)39-35-31-27-24-23-25-29-33-37-45(58)36-32-28-10-8-6-4-2)43-69-74(64,65)73-75(66,67)70-44-47-51(61)52(62)53(72-47)57-41-40-48(55)56-54(57)63/h5-8,11-12,14-15,17-18,20-21,24-25,27-29,32-33,37,40-41,45-47,51-53,58,61-62H,3-4,9-10,13,16,19,22-23,26,30-31,34-36,38-39,42-44H2,1-2H3,(H,64,65)(H,66,67)(H2,55,56,63)/b7-5-,8-6-,12-11-,15-14-,18-17-,21-20-,27-24-,29-25-,32-28-,37-33+/t45?,46-,47-,51-,52-,53-/m1/s1. The van der Waals surface area contributed by atoms with Crippen LogP contribution in [-0.2, 0) is 46.3 Å². The summed E-state index contributed by atoms with van der Waals surface area (Å²) in [5.41, 5.74) is 4.57. The maximum atomic E-state index is 12.9. The van der Waals surface area contributed by atoms with E-state index in [2.05, 4.69) is 96.1 Å². The van der Waals surface area contributed by atoms with Crippen LogP contribution in [0.2, 0.25) is 0 Å². The van der Waals surface area contributed by atoms with Crippen LogP contribution in [0.1, 0.15) is 129 Å².